The second kappa shape index (κ2) is 7.26. The molecule has 0 saturated carbocycles. The second-order valence-corrected chi connectivity index (χ2v) is 5.44. The number of para-hydroxylation sites is 1. The van der Waals surface area contributed by atoms with Crippen LogP contribution < -0.4 is 22.3 Å². The highest BCUT2D eigenvalue weighted by Gasteiger charge is 2.19. The second-order valence-electron chi connectivity index (χ2n) is 5.01. The Bertz CT molecular complexity index is 645. The first-order valence-electron chi connectivity index (χ1n) is 6.89. The van der Waals surface area contributed by atoms with Crippen LogP contribution in [-0.4, -0.2) is 5.91 Å². The number of hydrazine groups is 1. The molecule has 116 valence electrons. The van der Waals surface area contributed by atoms with Gasteiger partial charge in [-0.15, -0.1) is 0 Å². The van der Waals surface area contributed by atoms with Crippen LogP contribution in [0.1, 0.15) is 30.1 Å². The zero-order valence-electron chi connectivity index (χ0n) is 12.2. The molecule has 0 aliphatic rings. The van der Waals surface area contributed by atoms with Gasteiger partial charge in [0.1, 0.15) is 6.04 Å². The van der Waals surface area contributed by atoms with E-state index in [1.165, 1.54) is 0 Å². The van der Waals surface area contributed by atoms with Crippen LogP contribution in [0.4, 0.5) is 5.69 Å². The Balaban J connectivity index is 2.33. The highest BCUT2D eigenvalue weighted by Crippen LogP contribution is 2.27. The van der Waals surface area contributed by atoms with Gasteiger partial charge in [0.25, 0.3) is 0 Å². The molecule has 5 nitrogen and oxygen atoms in total. The summed E-state index contributed by atoms with van der Waals surface area (Å²) in [6.45, 7) is 1.93. The van der Waals surface area contributed by atoms with Crippen molar-refractivity contribution in [2.24, 2.45) is 11.6 Å². The molecule has 22 heavy (non-hydrogen) atoms. The largest absolute Gasteiger partial charge is 0.370 e. The van der Waals surface area contributed by atoms with Gasteiger partial charge in [-0.3, -0.25) is 16.1 Å². The Hall–Kier alpha value is -2.08. The minimum atomic E-state index is -0.650. The SMILES string of the molecule is CC(NN)c1ccccc1NC(C(N)=O)c1ccc(Cl)cc1. The number of hydrogen-bond acceptors (Lipinski definition) is 4. The van der Waals surface area contributed by atoms with E-state index in [4.69, 9.17) is 23.2 Å². The predicted molar refractivity (Wildman–Crippen MR) is 89.2 cm³/mol. The molecule has 1 amide bonds. The third-order valence-electron chi connectivity index (χ3n) is 3.46. The topological polar surface area (TPSA) is 93.2 Å². The third-order valence-corrected chi connectivity index (χ3v) is 3.72. The molecule has 2 aromatic carbocycles. The molecule has 0 spiro atoms. The van der Waals surface area contributed by atoms with E-state index in [1.807, 2.05) is 31.2 Å². The number of carbonyl (C=O) groups excluding carboxylic acids is 1. The molecule has 0 aliphatic heterocycles. The summed E-state index contributed by atoms with van der Waals surface area (Å²) in [6.07, 6.45) is 0. The van der Waals surface area contributed by atoms with Crippen molar-refractivity contribution in [1.29, 1.82) is 0 Å². The Kier molecular flexibility index (Phi) is 5.38. The van der Waals surface area contributed by atoms with Crippen LogP contribution in [0, 0.1) is 0 Å². The molecule has 0 radical (unpaired) electrons. The molecule has 2 rings (SSSR count). The smallest absolute Gasteiger partial charge is 0.244 e. The van der Waals surface area contributed by atoms with Gasteiger partial charge in [0, 0.05) is 16.8 Å². The van der Waals surface area contributed by atoms with Crippen molar-refractivity contribution in [3.8, 4) is 0 Å². The van der Waals surface area contributed by atoms with Crippen LogP contribution in [0.5, 0.6) is 0 Å². The number of hydrogen-bond donors (Lipinski definition) is 4. The van der Waals surface area contributed by atoms with Gasteiger partial charge in [-0.25, -0.2) is 0 Å². The minimum Gasteiger partial charge on any atom is -0.370 e. The van der Waals surface area contributed by atoms with Crippen molar-refractivity contribution in [3.63, 3.8) is 0 Å². The number of nitrogens with two attached hydrogens (primary N) is 2. The van der Waals surface area contributed by atoms with Crippen molar-refractivity contribution < 1.29 is 4.79 Å². The van der Waals surface area contributed by atoms with Gasteiger partial charge in [0.05, 0.1) is 0 Å². The van der Waals surface area contributed by atoms with Crippen LogP contribution in [0.3, 0.4) is 0 Å². The summed E-state index contributed by atoms with van der Waals surface area (Å²) in [5, 5.41) is 3.79. The lowest BCUT2D eigenvalue weighted by molar-refractivity contribution is -0.118. The van der Waals surface area contributed by atoms with Gasteiger partial charge in [-0.05, 0) is 36.2 Å². The number of amides is 1. The molecule has 2 atom stereocenters. The summed E-state index contributed by atoms with van der Waals surface area (Å²) in [4.78, 5) is 11.8. The first kappa shape index (κ1) is 16.3. The average molecular weight is 319 g/mol. The summed E-state index contributed by atoms with van der Waals surface area (Å²) < 4.78 is 0. The molecule has 6 heteroatoms. The molecule has 6 N–H and O–H groups in total. The predicted octanol–water partition coefficient (Wildman–Crippen LogP) is 2.50. The number of benzene rings is 2. The maximum Gasteiger partial charge on any atom is 0.244 e. The number of rotatable bonds is 6. The van der Waals surface area contributed by atoms with E-state index < -0.39 is 11.9 Å². The number of anilines is 1. The Labute approximate surface area is 134 Å². The first-order valence-corrected chi connectivity index (χ1v) is 7.27. The lowest BCUT2D eigenvalue weighted by Gasteiger charge is -2.22. The summed E-state index contributed by atoms with van der Waals surface area (Å²) in [7, 11) is 0. The maximum absolute atomic E-state index is 11.8. The van der Waals surface area contributed by atoms with E-state index in [0.29, 0.717) is 5.02 Å². The summed E-state index contributed by atoms with van der Waals surface area (Å²) in [6, 6.07) is 13.9. The molecule has 0 saturated heterocycles. The summed E-state index contributed by atoms with van der Waals surface area (Å²) >= 11 is 5.88. The van der Waals surface area contributed by atoms with E-state index in [0.717, 1.165) is 16.8 Å². The van der Waals surface area contributed by atoms with Crippen molar-refractivity contribution >= 4 is 23.2 Å². The van der Waals surface area contributed by atoms with E-state index in [9.17, 15) is 4.79 Å². The number of halogens is 1. The number of primary amides is 1. The normalized spacial score (nSPS) is 13.4. The zero-order valence-corrected chi connectivity index (χ0v) is 13.0. The van der Waals surface area contributed by atoms with Gasteiger partial charge < -0.3 is 11.1 Å². The van der Waals surface area contributed by atoms with Gasteiger partial charge >= 0.3 is 0 Å². The van der Waals surface area contributed by atoms with Crippen molar-refractivity contribution in [1.82, 2.24) is 5.43 Å². The van der Waals surface area contributed by atoms with Gasteiger partial charge in [-0.1, -0.05) is 41.9 Å². The molecular formula is C16H19ClN4O. The van der Waals surface area contributed by atoms with Crippen LogP contribution >= 0.6 is 11.6 Å². The highest BCUT2D eigenvalue weighted by atomic mass is 35.5. The van der Waals surface area contributed by atoms with E-state index in [-0.39, 0.29) is 6.04 Å². The maximum atomic E-state index is 11.8. The highest BCUT2D eigenvalue weighted by molar-refractivity contribution is 6.30. The molecule has 0 fully saturated rings. The first-order chi connectivity index (χ1) is 10.5. The van der Waals surface area contributed by atoms with Crippen LogP contribution in [-0.2, 0) is 4.79 Å². The van der Waals surface area contributed by atoms with Gasteiger partial charge in [-0.2, -0.15) is 0 Å². The fourth-order valence-corrected chi connectivity index (χ4v) is 2.35. The van der Waals surface area contributed by atoms with Crippen LogP contribution in [0.2, 0.25) is 5.02 Å². The van der Waals surface area contributed by atoms with E-state index in [1.54, 1.807) is 24.3 Å². The Morgan fingerprint density at radius 3 is 2.36 bits per heavy atom. The molecule has 2 unspecified atom stereocenters. The standard InChI is InChI=1S/C16H19ClN4O/c1-10(21-19)13-4-2-3-5-14(13)20-15(16(18)22)11-6-8-12(17)9-7-11/h2-10,15,20-21H,19H2,1H3,(H2,18,22). The molecule has 0 aromatic heterocycles. The summed E-state index contributed by atoms with van der Waals surface area (Å²) in [5.41, 5.74) is 10.7. The van der Waals surface area contributed by atoms with E-state index in [2.05, 4.69) is 10.7 Å². The average Bonchev–Trinajstić information content (AvgIpc) is 2.53. The number of carbonyl (C=O) groups is 1. The zero-order chi connectivity index (χ0) is 16.1. The fourth-order valence-electron chi connectivity index (χ4n) is 2.23. The summed E-state index contributed by atoms with van der Waals surface area (Å²) in [5.74, 6) is 5.04. The number of nitrogens with one attached hydrogen (secondary N) is 2. The van der Waals surface area contributed by atoms with Crippen molar-refractivity contribution in [2.75, 3.05) is 5.32 Å². The molecule has 0 bridgehead atoms. The molecule has 0 heterocycles. The lowest BCUT2D eigenvalue weighted by Crippen LogP contribution is -2.30. The van der Waals surface area contributed by atoms with Crippen molar-refractivity contribution in [3.05, 3.63) is 64.7 Å². The lowest BCUT2D eigenvalue weighted by atomic mass is 10.0. The third kappa shape index (κ3) is 3.76. The quantitative estimate of drug-likeness (QED) is 0.486. The van der Waals surface area contributed by atoms with Crippen LogP contribution in [0.25, 0.3) is 0 Å². The Morgan fingerprint density at radius 1 is 1.14 bits per heavy atom. The van der Waals surface area contributed by atoms with Crippen LogP contribution in [0.15, 0.2) is 48.5 Å². The van der Waals surface area contributed by atoms with E-state index >= 15 is 0 Å². The monoisotopic (exact) mass is 318 g/mol. The fraction of sp³-hybridized carbons (Fsp3) is 0.188. The van der Waals surface area contributed by atoms with Gasteiger partial charge in [0.2, 0.25) is 5.91 Å². The minimum absolute atomic E-state index is 0.0672. The van der Waals surface area contributed by atoms with Gasteiger partial charge in [0.15, 0.2) is 0 Å². The Morgan fingerprint density at radius 2 is 1.77 bits per heavy atom. The van der Waals surface area contributed by atoms with Crippen molar-refractivity contribution in [2.45, 2.75) is 19.0 Å². The molecular weight excluding hydrogens is 300 g/mol. The molecule has 2 aromatic rings. The molecule has 0 aliphatic carbocycles.